The highest BCUT2D eigenvalue weighted by Crippen LogP contribution is 2.44. The molecule has 3 N–H and O–H groups in total. The van der Waals surface area contributed by atoms with Gasteiger partial charge in [0.1, 0.15) is 12.1 Å². The second-order valence-electron chi connectivity index (χ2n) is 9.95. The average molecular weight is 467 g/mol. The lowest BCUT2D eigenvalue weighted by atomic mass is 9.88. The summed E-state index contributed by atoms with van der Waals surface area (Å²) in [6.07, 6.45) is 0.365. The molecule has 0 fully saturated rings. The minimum absolute atomic E-state index is 0.0683. The van der Waals surface area contributed by atoms with Crippen LogP contribution in [0.2, 0.25) is 0 Å². The minimum atomic E-state index is -1.17. The van der Waals surface area contributed by atoms with Gasteiger partial charge >= 0.3 is 12.1 Å². The smallest absolute Gasteiger partial charge is 0.408 e. The van der Waals surface area contributed by atoms with E-state index < -0.39 is 23.0 Å². The molecule has 0 radical (unpaired) electrons. The number of carboxylic acid groups (broad SMARTS) is 1. The van der Waals surface area contributed by atoms with Crippen LogP contribution >= 0.6 is 0 Å². The van der Waals surface area contributed by atoms with Gasteiger partial charge in [-0.3, -0.25) is 9.59 Å². The second-order valence-corrected chi connectivity index (χ2v) is 9.95. The number of rotatable bonds is 10. The van der Waals surface area contributed by atoms with E-state index in [4.69, 9.17) is 9.84 Å². The Morgan fingerprint density at radius 2 is 1.53 bits per heavy atom. The van der Waals surface area contributed by atoms with Crippen molar-refractivity contribution in [3.8, 4) is 11.1 Å². The van der Waals surface area contributed by atoms with Crippen molar-refractivity contribution in [2.75, 3.05) is 13.2 Å². The zero-order valence-corrected chi connectivity index (χ0v) is 20.3. The Labute approximate surface area is 200 Å². The lowest BCUT2D eigenvalue weighted by Gasteiger charge is -2.31. The molecule has 182 valence electrons. The van der Waals surface area contributed by atoms with Crippen LogP contribution in [0.15, 0.2) is 48.5 Å². The highest BCUT2D eigenvalue weighted by molar-refractivity contribution is 5.89. The van der Waals surface area contributed by atoms with Gasteiger partial charge in [-0.05, 0) is 41.0 Å². The van der Waals surface area contributed by atoms with E-state index in [0.717, 1.165) is 22.3 Å². The van der Waals surface area contributed by atoms with Crippen LogP contribution in [0, 0.1) is 5.41 Å². The number of hydrogen-bond acceptors (Lipinski definition) is 4. The Morgan fingerprint density at radius 1 is 0.971 bits per heavy atom. The van der Waals surface area contributed by atoms with Gasteiger partial charge in [0.15, 0.2) is 0 Å². The van der Waals surface area contributed by atoms with E-state index >= 15 is 0 Å². The van der Waals surface area contributed by atoms with Crippen LogP contribution in [-0.2, 0) is 14.3 Å². The second kappa shape index (κ2) is 10.3. The number of amides is 2. The summed E-state index contributed by atoms with van der Waals surface area (Å²) in [5, 5.41) is 14.6. The molecule has 1 aliphatic rings. The number of carbonyl (C=O) groups is 3. The number of nitrogens with one attached hydrogen (secondary N) is 2. The molecule has 7 nitrogen and oxygen atoms in total. The van der Waals surface area contributed by atoms with Crippen molar-refractivity contribution >= 4 is 18.0 Å². The van der Waals surface area contributed by atoms with E-state index in [1.807, 2.05) is 31.2 Å². The standard InChI is InChI=1S/C27H34N2O5/c1-5-14-27(4,24(32)28-17-26(2,3)15-23(30)31)29-25(33)34-16-22-20-12-8-6-10-18(20)19-11-7-9-13-21(19)22/h6-13,22H,5,14-17H2,1-4H3,(H,28,32)(H,29,33)(H,30,31). The molecule has 0 heterocycles. The predicted octanol–water partition coefficient (Wildman–Crippen LogP) is 4.70. The number of ether oxygens (including phenoxy) is 1. The van der Waals surface area contributed by atoms with Gasteiger partial charge in [-0.15, -0.1) is 0 Å². The number of aliphatic carboxylic acids is 1. The number of benzene rings is 2. The van der Waals surface area contributed by atoms with Gasteiger partial charge in [-0.25, -0.2) is 4.79 Å². The molecule has 1 aliphatic carbocycles. The summed E-state index contributed by atoms with van der Waals surface area (Å²) in [6.45, 7) is 7.49. The zero-order valence-electron chi connectivity index (χ0n) is 20.3. The lowest BCUT2D eigenvalue weighted by Crippen LogP contribution is -2.58. The number of carboxylic acids is 1. The molecule has 0 aliphatic heterocycles. The maximum Gasteiger partial charge on any atom is 0.408 e. The van der Waals surface area contributed by atoms with E-state index in [2.05, 4.69) is 34.9 Å². The van der Waals surface area contributed by atoms with Gasteiger partial charge in [0.2, 0.25) is 5.91 Å². The first kappa shape index (κ1) is 25.3. The summed E-state index contributed by atoms with van der Waals surface area (Å²) < 4.78 is 5.62. The summed E-state index contributed by atoms with van der Waals surface area (Å²) in [5.74, 6) is -1.35. The fourth-order valence-corrected chi connectivity index (χ4v) is 4.58. The molecule has 0 spiro atoms. The molecule has 2 amide bonds. The highest BCUT2D eigenvalue weighted by atomic mass is 16.5. The van der Waals surface area contributed by atoms with Crippen LogP contribution in [-0.4, -0.2) is 41.8 Å². The van der Waals surface area contributed by atoms with Gasteiger partial charge in [0.05, 0.1) is 6.42 Å². The monoisotopic (exact) mass is 466 g/mol. The maximum absolute atomic E-state index is 13.0. The first-order valence-electron chi connectivity index (χ1n) is 11.7. The summed E-state index contributed by atoms with van der Waals surface area (Å²) in [5.41, 5.74) is 2.74. The summed E-state index contributed by atoms with van der Waals surface area (Å²) >= 11 is 0. The summed E-state index contributed by atoms with van der Waals surface area (Å²) in [4.78, 5) is 36.8. The Balaban J connectivity index is 1.65. The number of carbonyl (C=O) groups excluding carboxylic acids is 2. The lowest BCUT2D eigenvalue weighted by molar-refractivity contribution is -0.139. The molecule has 3 rings (SSSR count). The van der Waals surface area contributed by atoms with Crippen molar-refractivity contribution in [2.24, 2.45) is 5.41 Å². The van der Waals surface area contributed by atoms with Crippen molar-refractivity contribution in [1.29, 1.82) is 0 Å². The molecule has 0 saturated carbocycles. The molecule has 2 aromatic carbocycles. The van der Waals surface area contributed by atoms with Crippen LogP contribution in [0.5, 0.6) is 0 Å². The Hall–Kier alpha value is -3.35. The molecule has 1 unspecified atom stereocenters. The third-order valence-corrected chi connectivity index (χ3v) is 6.33. The Kier molecular flexibility index (Phi) is 7.64. The van der Waals surface area contributed by atoms with Crippen LogP contribution in [0.4, 0.5) is 4.79 Å². The third kappa shape index (κ3) is 5.76. The Bertz CT molecular complexity index is 1020. The molecule has 7 heteroatoms. The van der Waals surface area contributed by atoms with E-state index in [-0.39, 0.29) is 31.4 Å². The topological polar surface area (TPSA) is 105 Å². The van der Waals surface area contributed by atoms with E-state index in [0.29, 0.717) is 12.8 Å². The predicted molar refractivity (Wildman–Crippen MR) is 131 cm³/mol. The summed E-state index contributed by atoms with van der Waals surface area (Å²) in [6, 6.07) is 16.2. The molecule has 1 atom stereocenters. The number of hydrogen-bond donors (Lipinski definition) is 3. The quantitative estimate of drug-likeness (QED) is 0.471. The maximum atomic E-state index is 13.0. The van der Waals surface area contributed by atoms with Gasteiger partial charge in [-0.1, -0.05) is 75.7 Å². The highest BCUT2D eigenvalue weighted by Gasteiger charge is 2.36. The molecular weight excluding hydrogens is 432 g/mol. The van der Waals surface area contributed by atoms with Crippen molar-refractivity contribution in [3.63, 3.8) is 0 Å². The van der Waals surface area contributed by atoms with Gasteiger partial charge < -0.3 is 20.5 Å². The minimum Gasteiger partial charge on any atom is -0.481 e. The van der Waals surface area contributed by atoms with Gasteiger partial charge in [0.25, 0.3) is 0 Å². The number of alkyl carbamates (subject to hydrolysis) is 1. The van der Waals surface area contributed by atoms with Crippen molar-refractivity contribution in [3.05, 3.63) is 59.7 Å². The van der Waals surface area contributed by atoms with Crippen molar-refractivity contribution in [1.82, 2.24) is 10.6 Å². The van der Waals surface area contributed by atoms with E-state index in [1.165, 1.54) is 0 Å². The van der Waals surface area contributed by atoms with Crippen LogP contribution < -0.4 is 10.6 Å². The fraction of sp³-hybridized carbons (Fsp3) is 0.444. The first-order chi connectivity index (χ1) is 16.1. The van der Waals surface area contributed by atoms with Crippen molar-refractivity contribution < 1.29 is 24.2 Å². The van der Waals surface area contributed by atoms with Gasteiger partial charge in [-0.2, -0.15) is 0 Å². The third-order valence-electron chi connectivity index (χ3n) is 6.33. The number of fused-ring (bicyclic) bond motifs is 3. The van der Waals surface area contributed by atoms with Crippen molar-refractivity contribution in [2.45, 2.75) is 58.4 Å². The van der Waals surface area contributed by atoms with E-state index in [9.17, 15) is 14.4 Å². The normalized spacial score (nSPS) is 14.5. The van der Waals surface area contributed by atoms with E-state index in [1.54, 1.807) is 20.8 Å². The van der Waals surface area contributed by atoms with Crippen LogP contribution in [0.25, 0.3) is 11.1 Å². The SMILES string of the molecule is CCCC(C)(NC(=O)OCC1c2ccccc2-c2ccccc21)C(=O)NCC(C)(C)CC(=O)O. The zero-order chi connectivity index (χ0) is 24.9. The molecule has 0 bridgehead atoms. The fourth-order valence-electron chi connectivity index (χ4n) is 4.58. The molecule has 0 saturated heterocycles. The Morgan fingerprint density at radius 3 is 2.06 bits per heavy atom. The average Bonchev–Trinajstić information content (AvgIpc) is 3.09. The van der Waals surface area contributed by atoms with Crippen LogP contribution in [0.3, 0.4) is 0 Å². The molecular formula is C27H34N2O5. The first-order valence-corrected chi connectivity index (χ1v) is 11.7. The molecule has 0 aromatic heterocycles. The van der Waals surface area contributed by atoms with Crippen LogP contribution in [0.1, 0.15) is 64.0 Å². The largest absolute Gasteiger partial charge is 0.481 e. The molecule has 34 heavy (non-hydrogen) atoms. The molecule has 2 aromatic rings. The summed E-state index contributed by atoms with van der Waals surface area (Å²) in [7, 11) is 0. The van der Waals surface area contributed by atoms with Gasteiger partial charge in [0, 0.05) is 12.5 Å².